The minimum absolute atomic E-state index is 0.231. The Balaban J connectivity index is 2.12. The van der Waals surface area contributed by atoms with E-state index in [9.17, 15) is 5.11 Å². The van der Waals surface area contributed by atoms with E-state index in [-0.39, 0.29) is 9.52 Å². The summed E-state index contributed by atoms with van der Waals surface area (Å²) >= 11 is 0. The van der Waals surface area contributed by atoms with Gasteiger partial charge in [0.1, 0.15) is 5.75 Å². The van der Waals surface area contributed by atoms with Gasteiger partial charge in [0.15, 0.2) is 0 Å². The van der Waals surface area contributed by atoms with E-state index in [1.807, 2.05) is 6.07 Å². The Morgan fingerprint density at radius 3 is 2.25 bits per heavy atom. The number of hydrogen-bond donors (Lipinski definition) is 1. The minimum atomic E-state index is -0.231. The average Bonchev–Trinajstić information content (AvgIpc) is 2.55. The molecule has 0 fully saturated rings. The first-order chi connectivity index (χ1) is 11.6. The van der Waals surface area contributed by atoms with Crippen LogP contribution in [0.2, 0.25) is 6.04 Å². The van der Waals surface area contributed by atoms with E-state index >= 15 is 0 Å². The summed E-state index contributed by atoms with van der Waals surface area (Å²) in [6.45, 7) is 8.86. The molecule has 0 aliphatic heterocycles. The maximum atomic E-state index is 10.3. The fraction of sp³-hybridized carbons (Fsp3) is 0.455. The van der Waals surface area contributed by atoms with Crippen LogP contribution < -0.4 is 5.19 Å². The van der Waals surface area contributed by atoms with Crippen molar-refractivity contribution >= 4 is 14.7 Å². The molecule has 2 heteroatoms. The quantitative estimate of drug-likeness (QED) is 0.708. The number of hydrogen-bond acceptors (Lipinski definition) is 1. The number of phenols is 1. The molecule has 0 bridgehead atoms. The summed E-state index contributed by atoms with van der Waals surface area (Å²) in [4.78, 5) is 0. The van der Waals surface area contributed by atoms with Gasteiger partial charge in [-0.2, -0.15) is 0 Å². The van der Waals surface area contributed by atoms with Crippen molar-refractivity contribution < 1.29 is 5.11 Å². The van der Waals surface area contributed by atoms with Crippen molar-refractivity contribution in [3.05, 3.63) is 58.1 Å². The summed E-state index contributed by atoms with van der Waals surface area (Å²) in [6, 6.07) is 12.3. The minimum Gasteiger partial charge on any atom is -0.508 e. The molecule has 1 nitrogen and oxygen atoms in total. The molecule has 2 aromatic carbocycles. The summed E-state index contributed by atoms with van der Waals surface area (Å²) < 4.78 is 0. The highest BCUT2D eigenvalue weighted by Crippen LogP contribution is 2.26. The molecule has 2 rings (SSSR count). The lowest BCUT2D eigenvalue weighted by Gasteiger charge is -2.14. The number of aryl methyl sites for hydroxylation is 4. The van der Waals surface area contributed by atoms with Crippen molar-refractivity contribution in [1.82, 2.24) is 0 Å². The Hall–Kier alpha value is -1.54. The van der Waals surface area contributed by atoms with Gasteiger partial charge in [0.2, 0.25) is 0 Å². The normalized spacial score (nSPS) is 11.5. The van der Waals surface area contributed by atoms with Crippen molar-refractivity contribution in [3.8, 4) is 5.75 Å². The van der Waals surface area contributed by atoms with Crippen LogP contribution in [0.5, 0.6) is 5.75 Å². The van der Waals surface area contributed by atoms with Gasteiger partial charge in [-0.25, -0.2) is 0 Å². The molecule has 0 aromatic heterocycles. The fourth-order valence-corrected chi connectivity index (χ4v) is 5.38. The van der Waals surface area contributed by atoms with Crippen LogP contribution in [-0.2, 0) is 19.3 Å². The van der Waals surface area contributed by atoms with Gasteiger partial charge in [0.25, 0.3) is 0 Å². The Labute approximate surface area is 150 Å². The Morgan fingerprint density at radius 2 is 1.54 bits per heavy atom. The first-order valence-corrected chi connectivity index (χ1v) is 11.2. The van der Waals surface area contributed by atoms with Gasteiger partial charge >= 0.3 is 0 Å². The summed E-state index contributed by atoms with van der Waals surface area (Å²) in [5.74, 6) is 0.496. The largest absolute Gasteiger partial charge is 0.508 e. The van der Waals surface area contributed by atoms with Crippen molar-refractivity contribution in [1.29, 1.82) is 0 Å². The third kappa shape index (κ3) is 4.73. The number of phenolic OH excluding ortho intramolecular Hbond substituents is 1. The summed E-state index contributed by atoms with van der Waals surface area (Å²) in [7, 11) is -0.231. The molecular weight excluding hydrogens is 308 g/mol. The second-order valence-corrected chi connectivity index (χ2v) is 8.93. The third-order valence-corrected chi connectivity index (χ3v) is 7.06. The topological polar surface area (TPSA) is 20.2 Å². The highest BCUT2D eigenvalue weighted by Gasteiger charge is 2.09. The van der Waals surface area contributed by atoms with Crippen LogP contribution in [-0.4, -0.2) is 14.6 Å². The molecule has 0 aliphatic rings. The SMILES string of the molecule is CCCc1cc(CC[SiH2]c2cccc(C)c2C)c(CCC)cc1O. The summed E-state index contributed by atoms with van der Waals surface area (Å²) in [5, 5.41) is 11.9. The van der Waals surface area contributed by atoms with Crippen LogP contribution in [0.3, 0.4) is 0 Å². The first kappa shape index (κ1) is 18.8. The fourth-order valence-electron chi connectivity index (χ4n) is 3.48. The van der Waals surface area contributed by atoms with Crippen LogP contribution in [0.1, 0.15) is 54.5 Å². The predicted molar refractivity (Wildman–Crippen MR) is 109 cm³/mol. The zero-order valence-electron chi connectivity index (χ0n) is 15.8. The van der Waals surface area contributed by atoms with Crippen molar-refractivity contribution in [2.45, 2.75) is 65.8 Å². The maximum Gasteiger partial charge on any atom is 0.119 e. The predicted octanol–water partition coefficient (Wildman–Crippen LogP) is 4.37. The van der Waals surface area contributed by atoms with E-state index in [2.05, 4.69) is 52.0 Å². The molecular formula is C22H32OSi. The molecule has 1 N–H and O–H groups in total. The maximum absolute atomic E-state index is 10.3. The lowest BCUT2D eigenvalue weighted by atomic mass is 9.96. The monoisotopic (exact) mass is 340 g/mol. The van der Waals surface area contributed by atoms with Crippen LogP contribution >= 0.6 is 0 Å². The van der Waals surface area contributed by atoms with Gasteiger partial charge < -0.3 is 5.11 Å². The lowest BCUT2D eigenvalue weighted by Crippen LogP contribution is -2.18. The molecule has 0 saturated heterocycles. The average molecular weight is 341 g/mol. The van der Waals surface area contributed by atoms with Crippen LogP contribution in [0, 0.1) is 13.8 Å². The van der Waals surface area contributed by atoms with Crippen LogP contribution in [0.15, 0.2) is 30.3 Å². The zero-order valence-corrected chi connectivity index (χ0v) is 17.2. The highest BCUT2D eigenvalue weighted by molar-refractivity contribution is 6.54. The molecule has 24 heavy (non-hydrogen) atoms. The van der Waals surface area contributed by atoms with E-state index in [0.29, 0.717) is 5.75 Å². The van der Waals surface area contributed by atoms with Gasteiger partial charge in [-0.1, -0.05) is 62.2 Å². The molecule has 0 spiro atoms. The van der Waals surface area contributed by atoms with Gasteiger partial charge in [0, 0.05) is 0 Å². The molecule has 0 heterocycles. The molecule has 0 radical (unpaired) electrons. The molecule has 0 unspecified atom stereocenters. The van der Waals surface area contributed by atoms with Gasteiger partial charge in [0.05, 0.1) is 9.52 Å². The zero-order chi connectivity index (χ0) is 17.5. The van der Waals surface area contributed by atoms with Gasteiger partial charge in [-0.05, 0) is 67.0 Å². The third-order valence-electron chi connectivity index (χ3n) is 5.05. The molecule has 0 atom stereocenters. The molecule has 130 valence electrons. The molecule has 0 aliphatic carbocycles. The van der Waals surface area contributed by atoms with Crippen molar-refractivity contribution in [2.75, 3.05) is 0 Å². The number of rotatable bonds is 8. The van der Waals surface area contributed by atoms with E-state index < -0.39 is 0 Å². The number of aromatic hydroxyl groups is 1. The summed E-state index contributed by atoms with van der Waals surface area (Å²) in [6.07, 6.45) is 5.41. The molecule has 0 amide bonds. The first-order valence-electron chi connectivity index (χ1n) is 9.45. The second-order valence-electron chi connectivity index (χ2n) is 6.96. The Bertz CT molecular complexity index is 676. The standard InChI is InChI=1S/C22H32OSi/c1-5-8-18-15-21(23)20(9-6-2)14-19(18)12-13-24-22-11-7-10-16(3)17(22)4/h7,10-11,14-15,23H,5-6,8-9,12-13,24H2,1-4H3. The van der Waals surface area contributed by atoms with Crippen LogP contribution in [0.25, 0.3) is 0 Å². The smallest absolute Gasteiger partial charge is 0.119 e. The van der Waals surface area contributed by atoms with Crippen LogP contribution in [0.4, 0.5) is 0 Å². The number of benzene rings is 2. The van der Waals surface area contributed by atoms with E-state index in [0.717, 1.165) is 37.7 Å². The second kappa shape index (κ2) is 9.07. The van der Waals surface area contributed by atoms with E-state index in [1.165, 1.54) is 28.3 Å². The molecule has 2 aromatic rings. The van der Waals surface area contributed by atoms with Crippen molar-refractivity contribution in [3.63, 3.8) is 0 Å². The molecule has 0 saturated carbocycles. The van der Waals surface area contributed by atoms with Gasteiger partial charge in [-0.15, -0.1) is 0 Å². The Kier molecular flexibility index (Phi) is 7.10. The lowest BCUT2D eigenvalue weighted by molar-refractivity contribution is 0.466. The van der Waals surface area contributed by atoms with E-state index in [1.54, 1.807) is 5.19 Å². The highest BCUT2D eigenvalue weighted by atomic mass is 28.2. The van der Waals surface area contributed by atoms with Gasteiger partial charge in [-0.3, -0.25) is 0 Å². The Morgan fingerprint density at radius 1 is 0.875 bits per heavy atom. The van der Waals surface area contributed by atoms with E-state index in [4.69, 9.17) is 0 Å². The summed E-state index contributed by atoms with van der Waals surface area (Å²) in [5.41, 5.74) is 6.86. The van der Waals surface area contributed by atoms with Crippen molar-refractivity contribution in [2.24, 2.45) is 0 Å².